The first kappa shape index (κ1) is 38.8. The lowest BCUT2D eigenvalue weighted by Gasteiger charge is -2.15. The van der Waals surface area contributed by atoms with Crippen LogP contribution in [0.2, 0.25) is 0 Å². The minimum Gasteiger partial charge on any atom is -0.496 e. The molecule has 0 saturated heterocycles. The minimum atomic E-state index is -4.89. The SMILES string of the molecule is COc1cc(OC(F)(F)F)ccc1-c1ccc2nnc(C(F)(F)OCC3CC3)n2n1.Cc1ccc(OC(F)(F)F)cc1-c1ccc2nnc(C(F)(F)F)n2n1. The number of rotatable bonds is 9. The van der Waals surface area contributed by atoms with E-state index in [2.05, 4.69) is 40.1 Å². The molecule has 0 N–H and O–H groups in total. The molecule has 0 spiro atoms. The number of ether oxygens (including phenoxy) is 4. The van der Waals surface area contributed by atoms with E-state index < -0.39 is 48.2 Å². The summed E-state index contributed by atoms with van der Waals surface area (Å²) < 4.78 is 161. The Morgan fingerprint density at radius 2 is 1.16 bits per heavy atom. The Hall–Kier alpha value is -5.87. The van der Waals surface area contributed by atoms with Crippen LogP contribution in [0, 0.1) is 12.8 Å². The zero-order chi connectivity index (χ0) is 39.9. The molecule has 1 saturated carbocycles. The maximum atomic E-state index is 14.5. The highest BCUT2D eigenvalue weighted by atomic mass is 19.4. The van der Waals surface area contributed by atoms with Crippen molar-refractivity contribution in [2.75, 3.05) is 13.7 Å². The molecule has 7 rings (SSSR count). The zero-order valence-corrected chi connectivity index (χ0v) is 27.8. The molecule has 55 heavy (non-hydrogen) atoms. The van der Waals surface area contributed by atoms with Gasteiger partial charge in [0.1, 0.15) is 17.2 Å². The number of aryl methyl sites for hydroxylation is 1. The van der Waals surface area contributed by atoms with Crippen LogP contribution in [0.1, 0.15) is 30.1 Å². The molecule has 2 aromatic carbocycles. The summed E-state index contributed by atoms with van der Waals surface area (Å²) >= 11 is 0. The predicted octanol–water partition coefficient (Wildman–Crippen LogP) is 8.19. The molecule has 0 atom stereocenters. The van der Waals surface area contributed by atoms with Gasteiger partial charge >= 0.3 is 25.0 Å². The summed E-state index contributed by atoms with van der Waals surface area (Å²) in [6.45, 7) is 1.48. The summed E-state index contributed by atoms with van der Waals surface area (Å²) in [4.78, 5) is 0. The third-order valence-corrected chi connectivity index (χ3v) is 7.64. The van der Waals surface area contributed by atoms with Crippen molar-refractivity contribution in [1.29, 1.82) is 0 Å². The summed E-state index contributed by atoms with van der Waals surface area (Å²) in [5, 5.41) is 21.5. The van der Waals surface area contributed by atoms with Crippen LogP contribution in [-0.2, 0) is 17.0 Å². The van der Waals surface area contributed by atoms with Gasteiger partial charge in [0.05, 0.1) is 25.1 Å². The third kappa shape index (κ3) is 9.27. The topological polar surface area (TPSA) is 123 Å². The fraction of sp³-hybridized carbons (Fsp3) is 0.312. The molecule has 0 unspecified atom stereocenters. The lowest BCUT2D eigenvalue weighted by atomic mass is 10.1. The first-order valence-corrected chi connectivity index (χ1v) is 15.6. The van der Waals surface area contributed by atoms with Crippen molar-refractivity contribution in [3.05, 3.63) is 77.9 Å². The van der Waals surface area contributed by atoms with E-state index in [-0.39, 0.29) is 52.1 Å². The van der Waals surface area contributed by atoms with Crippen molar-refractivity contribution >= 4 is 11.3 Å². The smallest absolute Gasteiger partial charge is 0.496 e. The number of nitrogens with zero attached hydrogens (tertiary/aromatic N) is 8. The van der Waals surface area contributed by atoms with Crippen molar-refractivity contribution in [1.82, 2.24) is 39.6 Å². The van der Waals surface area contributed by atoms with Crippen LogP contribution in [0.5, 0.6) is 17.2 Å². The number of benzene rings is 2. The number of methoxy groups -OCH3 is 1. The number of aromatic nitrogens is 8. The van der Waals surface area contributed by atoms with Crippen molar-refractivity contribution < 1.29 is 67.2 Å². The second kappa shape index (κ2) is 14.4. The van der Waals surface area contributed by atoms with Crippen LogP contribution in [0.25, 0.3) is 33.8 Å². The Kier molecular flexibility index (Phi) is 10.2. The maximum absolute atomic E-state index is 14.5. The summed E-state index contributed by atoms with van der Waals surface area (Å²) in [5.41, 5.74) is 1.03. The highest BCUT2D eigenvalue weighted by Gasteiger charge is 2.42. The van der Waals surface area contributed by atoms with E-state index in [1.165, 1.54) is 43.5 Å². The molecule has 6 aromatic rings. The van der Waals surface area contributed by atoms with E-state index in [4.69, 9.17) is 9.47 Å². The van der Waals surface area contributed by atoms with Crippen molar-refractivity contribution in [2.24, 2.45) is 5.92 Å². The van der Waals surface area contributed by atoms with Crippen LogP contribution in [0.15, 0.2) is 60.7 Å². The first-order chi connectivity index (χ1) is 25.7. The average Bonchev–Trinajstić information content (AvgIpc) is 3.66. The van der Waals surface area contributed by atoms with Gasteiger partial charge < -0.3 is 18.9 Å². The van der Waals surface area contributed by atoms with Gasteiger partial charge in [0.25, 0.3) is 11.6 Å². The number of halogens is 11. The highest BCUT2D eigenvalue weighted by molar-refractivity contribution is 5.69. The van der Waals surface area contributed by atoms with Crippen molar-refractivity contribution in [3.63, 3.8) is 0 Å². The Morgan fingerprint density at radius 3 is 1.71 bits per heavy atom. The fourth-order valence-corrected chi connectivity index (χ4v) is 4.95. The van der Waals surface area contributed by atoms with Gasteiger partial charge in [-0.1, -0.05) is 6.07 Å². The lowest BCUT2D eigenvalue weighted by molar-refractivity contribution is -0.275. The highest BCUT2D eigenvalue weighted by Crippen LogP contribution is 2.37. The summed E-state index contributed by atoms with van der Waals surface area (Å²) in [6, 6.07) is 12.3. The second-order valence-corrected chi connectivity index (χ2v) is 11.7. The van der Waals surface area contributed by atoms with E-state index >= 15 is 0 Å². The van der Waals surface area contributed by atoms with Gasteiger partial charge in [-0.3, -0.25) is 0 Å². The largest absolute Gasteiger partial charge is 0.573 e. The Labute approximate surface area is 300 Å². The van der Waals surface area contributed by atoms with Crippen molar-refractivity contribution in [3.8, 4) is 39.8 Å². The Balaban J connectivity index is 0.000000190. The van der Waals surface area contributed by atoms with Gasteiger partial charge in [0.15, 0.2) is 11.3 Å². The van der Waals surface area contributed by atoms with Crippen LogP contribution in [0.4, 0.5) is 48.3 Å². The zero-order valence-electron chi connectivity index (χ0n) is 27.8. The van der Waals surface area contributed by atoms with E-state index in [0.29, 0.717) is 10.1 Å². The van der Waals surface area contributed by atoms with E-state index in [9.17, 15) is 48.3 Å². The first-order valence-electron chi connectivity index (χ1n) is 15.6. The fourth-order valence-electron chi connectivity index (χ4n) is 4.95. The molecule has 1 aliphatic rings. The average molecular weight is 793 g/mol. The van der Waals surface area contributed by atoms with Gasteiger partial charge in [0, 0.05) is 17.2 Å². The van der Waals surface area contributed by atoms with Gasteiger partial charge in [0.2, 0.25) is 0 Å². The monoisotopic (exact) mass is 792 g/mol. The molecule has 0 aliphatic heterocycles. The molecular weight excluding hydrogens is 769 g/mol. The molecule has 4 aromatic heterocycles. The molecular formula is C32H23F11N8O4. The molecule has 1 aliphatic carbocycles. The number of alkyl halides is 11. The number of hydrogen-bond acceptors (Lipinski definition) is 10. The Bertz CT molecular complexity index is 2320. The van der Waals surface area contributed by atoms with E-state index in [1.807, 2.05) is 0 Å². The van der Waals surface area contributed by atoms with Crippen molar-refractivity contribution in [2.45, 2.75) is 44.8 Å². The standard InChI is InChI=1S/C18H15F5N4O3.C14H8F6N4O/c1-28-14-8-11(30-18(21,22)23)4-5-12(14)13-6-7-15-24-25-16(27(15)26-13)17(19,20)29-9-10-2-3-10;1-7-2-3-8(25-14(18,19)20)6-9(7)10-4-5-11-21-22-12(13(15,16)17)24(11)23-10/h4-8,10H,2-3,9H2,1H3;2-6H,1H3. The number of hydrogen-bond donors (Lipinski definition) is 0. The molecule has 0 bridgehead atoms. The molecule has 12 nitrogen and oxygen atoms in total. The second-order valence-electron chi connectivity index (χ2n) is 11.7. The van der Waals surface area contributed by atoms with E-state index in [1.54, 1.807) is 6.92 Å². The van der Waals surface area contributed by atoms with Crippen LogP contribution < -0.4 is 14.2 Å². The van der Waals surface area contributed by atoms with Gasteiger partial charge in [-0.25, -0.2) is 0 Å². The van der Waals surface area contributed by atoms with Gasteiger partial charge in [-0.2, -0.15) is 41.2 Å². The van der Waals surface area contributed by atoms with Crippen LogP contribution in [0.3, 0.4) is 0 Å². The molecule has 292 valence electrons. The maximum Gasteiger partial charge on any atom is 0.573 e. The molecule has 23 heteroatoms. The Morgan fingerprint density at radius 1 is 0.636 bits per heavy atom. The molecule has 0 radical (unpaired) electrons. The molecule has 4 heterocycles. The third-order valence-electron chi connectivity index (χ3n) is 7.64. The van der Waals surface area contributed by atoms with E-state index in [0.717, 1.165) is 41.6 Å². The quantitative estimate of drug-likeness (QED) is 0.133. The van der Waals surface area contributed by atoms with Crippen LogP contribution >= 0.6 is 0 Å². The predicted molar refractivity (Wildman–Crippen MR) is 165 cm³/mol. The molecule has 1 fully saturated rings. The molecule has 0 amide bonds. The van der Waals surface area contributed by atoms with Gasteiger partial charge in [-0.05, 0) is 79.8 Å². The number of fused-ring (bicyclic) bond motifs is 2. The van der Waals surface area contributed by atoms with Crippen LogP contribution in [-0.4, -0.2) is 66.1 Å². The summed E-state index contributed by atoms with van der Waals surface area (Å²) in [5.74, 6) is -3.00. The normalized spacial score (nSPS) is 13.8. The summed E-state index contributed by atoms with van der Waals surface area (Å²) in [6.07, 6.45) is -16.6. The summed E-state index contributed by atoms with van der Waals surface area (Å²) in [7, 11) is 1.25. The minimum absolute atomic E-state index is 0.00923. The lowest BCUT2D eigenvalue weighted by Crippen LogP contribution is -2.23. The van der Waals surface area contributed by atoms with Gasteiger partial charge in [-0.15, -0.1) is 46.7 Å².